The number of hydrogen-bond acceptors (Lipinski definition) is 4. The lowest BCUT2D eigenvalue weighted by molar-refractivity contribution is 0.0197. The van der Waals surface area contributed by atoms with Crippen LogP contribution < -0.4 is 9.46 Å². The van der Waals surface area contributed by atoms with Crippen LogP contribution in [0.1, 0.15) is 56.3 Å². The van der Waals surface area contributed by atoms with Gasteiger partial charge in [0.25, 0.3) is 5.91 Å². The number of hydrogen-bond donors (Lipinski definition) is 1. The average Bonchev–Trinajstić information content (AvgIpc) is 2.59. The van der Waals surface area contributed by atoms with E-state index in [1.54, 1.807) is 4.72 Å². The molecule has 2 atom stereocenters. The van der Waals surface area contributed by atoms with E-state index in [4.69, 9.17) is 27.9 Å². The molecule has 2 saturated carbocycles. The van der Waals surface area contributed by atoms with Gasteiger partial charge in [-0.15, -0.1) is 11.6 Å². The molecule has 2 bridgehead atoms. The van der Waals surface area contributed by atoms with Gasteiger partial charge in [-0.2, -0.15) is 12.7 Å². The Hall–Kier alpha value is -1.09. The topological polar surface area (TPSA) is 75.7 Å². The lowest BCUT2D eigenvalue weighted by Crippen LogP contribution is -2.43. The van der Waals surface area contributed by atoms with Crippen molar-refractivity contribution >= 4 is 39.3 Å². The van der Waals surface area contributed by atoms with Gasteiger partial charge in [-0.05, 0) is 56.9 Å². The van der Waals surface area contributed by atoms with Gasteiger partial charge in [-0.3, -0.25) is 4.79 Å². The van der Waals surface area contributed by atoms with E-state index < -0.39 is 27.5 Å². The van der Waals surface area contributed by atoms with Crippen LogP contribution in [0.25, 0.3) is 0 Å². The maximum Gasteiger partial charge on any atom is 0.303 e. The van der Waals surface area contributed by atoms with Gasteiger partial charge in [-0.1, -0.05) is 18.5 Å². The SMILES string of the molecule is CN(C)S(=O)(=O)NC(=O)c1cc(Cl)c(OCC2(C)CC3CC(CC(C)(Cl)C3)C2)cc1F. The Morgan fingerprint density at radius 3 is 2.35 bits per heavy atom. The molecule has 0 saturated heterocycles. The number of nitrogens with zero attached hydrogens (tertiary/aromatic N) is 1. The number of amides is 1. The van der Waals surface area contributed by atoms with Crippen LogP contribution in [-0.4, -0.2) is 44.2 Å². The van der Waals surface area contributed by atoms with E-state index in [0.717, 1.165) is 42.1 Å². The molecule has 174 valence electrons. The zero-order valence-corrected chi connectivity index (χ0v) is 20.5. The Bertz CT molecular complexity index is 952. The molecule has 1 amide bonds. The van der Waals surface area contributed by atoms with Crippen molar-refractivity contribution in [1.29, 1.82) is 0 Å². The molecule has 2 unspecified atom stereocenters. The fourth-order valence-electron chi connectivity index (χ4n) is 5.16. The van der Waals surface area contributed by atoms with Gasteiger partial charge in [0.1, 0.15) is 11.6 Å². The predicted octanol–water partition coefficient (Wildman–Crippen LogP) is 4.61. The Morgan fingerprint density at radius 1 is 1.23 bits per heavy atom. The Morgan fingerprint density at radius 2 is 1.81 bits per heavy atom. The van der Waals surface area contributed by atoms with Crippen molar-refractivity contribution in [1.82, 2.24) is 9.03 Å². The summed E-state index contributed by atoms with van der Waals surface area (Å²) in [5.41, 5.74) is -0.543. The molecular formula is C21H29Cl2FN2O4S. The molecule has 0 spiro atoms. The van der Waals surface area contributed by atoms with Crippen molar-refractivity contribution in [2.24, 2.45) is 17.3 Å². The third kappa shape index (κ3) is 5.83. The zero-order chi connectivity index (χ0) is 23.2. The maximum absolute atomic E-state index is 14.6. The summed E-state index contributed by atoms with van der Waals surface area (Å²) >= 11 is 12.8. The van der Waals surface area contributed by atoms with Crippen molar-refractivity contribution in [3.63, 3.8) is 0 Å². The number of nitrogens with one attached hydrogen (secondary N) is 1. The second-order valence-corrected chi connectivity index (χ2v) is 13.0. The number of alkyl halides is 1. The van der Waals surface area contributed by atoms with Crippen LogP contribution in [0.2, 0.25) is 5.02 Å². The molecular weight excluding hydrogens is 466 g/mol. The third-order valence-corrected chi connectivity index (χ3v) is 8.21. The van der Waals surface area contributed by atoms with Crippen LogP contribution >= 0.6 is 23.2 Å². The normalized spacial score (nSPS) is 30.8. The molecule has 0 radical (unpaired) electrons. The highest BCUT2D eigenvalue weighted by atomic mass is 35.5. The summed E-state index contributed by atoms with van der Waals surface area (Å²) in [6.45, 7) is 4.65. The van der Waals surface area contributed by atoms with Gasteiger partial charge in [-0.25, -0.2) is 9.11 Å². The molecule has 1 aromatic carbocycles. The fraction of sp³-hybridized carbons (Fsp3) is 0.667. The largest absolute Gasteiger partial charge is 0.491 e. The summed E-state index contributed by atoms with van der Waals surface area (Å²) in [5.74, 6) is -0.795. The molecule has 0 heterocycles. The molecule has 6 nitrogen and oxygen atoms in total. The number of fused-ring (bicyclic) bond motifs is 2. The van der Waals surface area contributed by atoms with Crippen molar-refractivity contribution in [3.8, 4) is 5.75 Å². The minimum Gasteiger partial charge on any atom is -0.491 e. The Labute approximate surface area is 193 Å². The van der Waals surface area contributed by atoms with E-state index in [1.165, 1.54) is 20.5 Å². The van der Waals surface area contributed by atoms with Crippen molar-refractivity contribution < 1.29 is 22.3 Å². The first-order chi connectivity index (χ1) is 14.2. The van der Waals surface area contributed by atoms with E-state index >= 15 is 0 Å². The molecule has 3 rings (SSSR count). The summed E-state index contributed by atoms with van der Waals surface area (Å²) < 4.78 is 46.7. The summed E-state index contributed by atoms with van der Waals surface area (Å²) in [6, 6.07) is 2.12. The van der Waals surface area contributed by atoms with Gasteiger partial charge in [0.2, 0.25) is 0 Å². The minimum absolute atomic E-state index is 0.0433. The smallest absolute Gasteiger partial charge is 0.303 e. The quantitative estimate of drug-likeness (QED) is 0.585. The van der Waals surface area contributed by atoms with Gasteiger partial charge in [0.05, 0.1) is 17.2 Å². The maximum atomic E-state index is 14.6. The lowest BCUT2D eigenvalue weighted by atomic mass is 9.59. The first-order valence-corrected chi connectivity index (χ1v) is 12.4. The predicted molar refractivity (Wildman–Crippen MR) is 119 cm³/mol. The van der Waals surface area contributed by atoms with Gasteiger partial charge in [0, 0.05) is 30.5 Å². The van der Waals surface area contributed by atoms with Crippen molar-refractivity contribution in [2.45, 2.75) is 50.8 Å². The number of carbonyl (C=O) groups excluding carboxylic acids is 1. The molecule has 2 aliphatic carbocycles. The third-order valence-electron chi connectivity index (χ3n) is 6.20. The molecule has 1 aromatic rings. The first-order valence-electron chi connectivity index (χ1n) is 10.3. The first kappa shape index (κ1) is 24.6. The number of rotatable bonds is 6. The van der Waals surface area contributed by atoms with Crippen LogP contribution in [-0.2, 0) is 10.2 Å². The second kappa shape index (κ2) is 8.69. The van der Waals surface area contributed by atoms with E-state index in [2.05, 4.69) is 13.8 Å². The van der Waals surface area contributed by atoms with Crippen LogP contribution in [0.4, 0.5) is 4.39 Å². The number of ether oxygens (including phenoxy) is 1. The van der Waals surface area contributed by atoms with Gasteiger partial charge in [0.15, 0.2) is 0 Å². The van der Waals surface area contributed by atoms with Crippen LogP contribution in [0.5, 0.6) is 5.75 Å². The second-order valence-electron chi connectivity index (χ2n) is 9.78. The summed E-state index contributed by atoms with van der Waals surface area (Å²) in [5, 5.41) is 0.0433. The number of carbonyl (C=O) groups is 1. The monoisotopic (exact) mass is 494 g/mol. The standard InChI is InChI=1S/C21H29Cl2FN2O4S/c1-20(8-13-5-14(9-20)11-21(2,23)10-13)12-30-18-7-17(24)15(6-16(18)22)19(27)25-31(28,29)26(3)4/h6-7,13-14H,5,8-12H2,1-4H3,(H,25,27). The highest BCUT2D eigenvalue weighted by Crippen LogP contribution is 2.53. The van der Waals surface area contributed by atoms with E-state index in [9.17, 15) is 17.6 Å². The molecule has 1 N–H and O–H groups in total. The summed E-state index contributed by atoms with van der Waals surface area (Å²) in [6.07, 6.45) is 5.11. The van der Waals surface area contributed by atoms with E-state index in [0.29, 0.717) is 18.4 Å². The zero-order valence-electron chi connectivity index (χ0n) is 18.2. The van der Waals surface area contributed by atoms with Crippen LogP contribution in [0.3, 0.4) is 0 Å². The molecule has 0 aromatic heterocycles. The molecule has 0 aliphatic heterocycles. The summed E-state index contributed by atoms with van der Waals surface area (Å²) in [4.78, 5) is 12.1. The Kier molecular flexibility index (Phi) is 6.88. The van der Waals surface area contributed by atoms with E-state index in [-0.39, 0.29) is 21.1 Å². The minimum atomic E-state index is -4.05. The molecule has 2 aliphatic rings. The van der Waals surface area contributed by atoms with Crippen molar-refractivity contribution in [3.05, 3.63) is 28.5 Å². The molecule has 31 heavy (non-hydrogen) atoms. The Balaban J connectivity index is 1.69. The molecule has 2 fully saturated rings. The van der Waals surface area contributed by atoms with Crippen LogP contribution in [0.15, 0.2) is 12.1 Å². The highest BCUT2D eigenvalue weighted by Gasteiger charge is 2.45. The average molecular weight is 495 g/mol. The summed E-state index contributed by atoms with van der Waals surface area (Å²) in [7, 11) is -1.54. The fourth-order valence-corrected chi connectivity index (χ4v) is 6.34. The van der Waals surface area contributed by atoms with Crippen LogP contribution in [0, 0.1) is 23.1 Å². The van der Waals surface area contributed by atoms with Gasteiger partial charge < -0.3 is 4.74 Å². The highest BCUT2D eigenvalue weighted by molar-refractivity contribution is 7.87. The lowest BCUT2D eigenvalue weighted by Gasteiger charge is -2.49. The van der Waals surface area contributed by atoms with Crippen molar-refractivity contribution in [2.75, 3.05) is 20.7 Å². The number of benzene rings is 1. The van der Waals surface area contributed by atoms with Gasteiger partial charge >= 0.3 is 10.2 Å². The molecule has 10 heteroatoms. The number of halogens is 3. The van der Waals surface area contributed by atoms with E-state index in [1.807, 2.05) is 0 Å².